The number of amides is 3. The van der Waals surface area contributed by atoms with Crippen molar-refractivity contribution < 1.29 is 18.7 Å². The molecule has 7 heteroatoms. The number of rotatable bonds is 3. The number of urea groups is 1. The van der Waals surface area contributed by atoms with Gasteiger partial charge in [0.2, 0.25) is 5.91 Å². The van der Waals surface area contributed by atoms with Gasteiger partial charge in [-0.1, -0.05) is 6.07 Å². The number of benzene rings is 2. The van der Waals surface area contributed by atoms with Crippen LogP contribution in [0.15, 0.2) is 48.5 Å². The van der Waals surface area contributed by atoms with Gasteiger partial charge in [-0.2, -0.15) is 0 Å². The molecule has 124 valence electrons. The van der Waals surface area contributed by atoms with Crippen LogP contribution < -0.4 is 15.4 Å². The lowest BCUT2D eigenvalue weighted by Crippen LogP contribution is -2.51. The summed E-state index contributed by atoms with van der Waals surface area (Å²) in [6.07, 6.45) is 0. The topological polar surface area (TPSA) is 70.7 Å². The monoisotopic (exact) mass is 329 g/mol. The van der Waals surface area contributed by atoms with Crippen LogP contribution in [0, 0.1) is 5.82 Å². The maximum Gasteiger partial charge on any atom is 0.322 e. The summed E-state index contributed by atoms with van der Waals surface area (Å²) in [4.78, 5) is 24.8. The van der Waals surface area contributed by atoms with Gasteiger partial charge in [0.25, 0.3) is 0 Å². The number of carbonyl (C=O) groups excluding carboxylic acids is 2. The van der Waals surface area contributed by atoms with Crippen LogP contribution in [-0.4, -0.2) is 36.5 Å². The molecule has 0 unspecified atom stereocenters. The molecule has 2 aromatic carbocycles. The summed E-state index contributed by atoms with van der Waals surface area (Å²) >= 11 is 0. The molecular formula is C17H16FN3O3. The van der Waals surface area contributed by atoms with Crippen molar-refractivity contribution in [3.63, 3.8) is 0 Å². The third-order valence-electron chi connectivity index (χ3n) is 3.46. The molecule has 0 saturated carbocycles. The summed E-state index contributed by atoms with van der Waals surface area (Å²) in [6.45, 7) is 0.970. The Kier molecular flexibility index (Phi) is 4.60. The van der Waals surface area contributed by atoms with Gasteiger partial charge in [-0.15, -0.1) is 0 Å². The van der Waals surface area contributed by atoms with Gasteiger partial charge in [0.05, 0.1) is 0 Å². The van der Waals surface area contributed by atoms with Gasteiger partial charge in [0, 0.05) is 24.8 Å². The Morgan fingerprint density at radius 2 is 1.96 bits per heavy atom. The fraction of sp³-hybridized carbons (Fsp3) is 0.176. The second kappa shape index (κ2) is 6.99. The van der Waals surface area contributed by atoms with Crippen LogP contribution in [0.2, 0.25) is 0 Å². The number of nitrogens with zero attached hydrogens (tertiary/aromatic N) is 1. The Bertz CT molecular complexity index is 749. The summed E-state index contributed by atoms with van der Waals surface area (Å²) in [5.74, 6) is 0.374. The largest absolute Gasteiger partial charge is 0.457 e. The standard InChI is InChI=1S/C17H16FN3O3/c18-12-2-1-3-15(10-12)24-14-6-4-13(5-7-14)20-17(23)21-9-8-19-16(22)11-21/h1-7,10H,8-9,11H2,(H,19,22)(H,20,23). The van der Waals surface area contributed by atoms with E-state index in [0.717, 1.165) is 0 Å². The Hall–Kier alpha value is -3.09. The van der Waals surface area contributed by atoms with E-state index in [1.54, 1.807) is 36.4 Å². The van der Waals surface area contributed by atoms with Gasteiger partial charge in [-0.05, 0) is 36.4 Å². The van der Waals surface area contributed by atoms with Gasteiger partial charge >= 0.3 is 6.03 Å². The van der Waals surface area contributed by atoms with E-state index in [-0.39, 0.29) is 24.3 Å². The molecule has 2 aromatic rings. The molecule has 1 heterocycles. The zero-order chi connectivity index (χ0) is 16.9. The number of piperazine rings is 1. The van der Waals surface area contributed by atoms with E-state index in [1.807, 2.05) is 0 Å². The normalized spacial score (nSPS) is 14.0. The van der Waals surface area contributed by atoms with Crippen LogP contribution in [0.25, 0.3) is 0 Å². The van der Waals surface area contributed by atoms with E-state index in [0.29, 0.717) is 30.3 Å². The Morgan fingerprint density at radius 1 is 1.17 bits per heavy atom. The number of hydrogen-bond donors (Lipinski definition) is 2. The van der Waals surface area contributed by atoms with E-state index in [2.05, 4.69) is 10.6 Å². The molecule has 0 bridgehead atoms. The summed E-state index contributed by atoms with van der Waals surface area (Å²) in [6, 6.07) is 12.2. The number of anilines is 1. The number of ether oxygens (including phenoxy) is 1. The SMILES string of the molecule is O=C1CN(C(=O)Nc2ccc(Oc3cccc(F)c3)cc2)CCN1. The first kappa shape index (κ1) is 15.8. The maximum atomic E-state index is 13.1. The number of nitrogens with one attached hydrogen (secondary N) is 2. The van der Waals surface area contributed by atoms with Crippen LogP contribution in [0.4, 0.5) is 14.9 Å². The van der Waals surface area contributed by atoms with E-state index in [9.17, 15) is 14.0 Å². The summed E-state index contributed by atoms with van der Waals surface area (Å²) < 4.78 is 18.7. The molecule has 0 atom stereocenters. The lowest BCUT2D eigenvalue weighted by molar-refractivity contribution is -0.123. The molecule has 0 radical (unpaired) electrons. The lowest BCUT2D eigenvalue weighted by Gasteiger charge is -2.26. The summed E-state index contributed by atoms with van der Waals surface area (Å²) in [7, 11) is 0. The zero-order valence-corrected chi connectivity index (χ0v) is 12.8. The van der Waals surface area contributed by atoms with Crippen molar-refractivity contribution in [3.05, 3.63) is 54.3 Å². The van der Waals surface area contributed by atoms with Gasteiger partial charge in [0.15, 0.2) is 0 Å². The number of hydrogen-bond acceptors (Lipinski definition) is 3. The molecule has 1 aliphatic heterocycles. The first-order valence-electron chi connectivity index (χ1n) is 7.46. The second-order valence-electron chi connectivity index (χ2n) is 5.29. The van der Waals surface area contributed by atoms with Gasteiger partial charge in [0.1, 0.15) is 23.9 Å². The van der Waals surface area contributed by atoms with Crippen molar-refractivity contribution in [2.45, 2.75) is 0 Å². The first-order chi connectivity index (χ1) is 11.6. The second-order valence-corrected chi connectivity index (χ2v) is 5.29. The number of halogens is 1. The van der Waals surface area contributed by atoms with E-state index >= 15 is 0 Å². The minimum absolute atomic E-state index is 0.0482. The highest BCUT2D eigenvalue weighted by atomic mass is 19.1. The van der Waals surface area contributed by atoms with Crippen molar-refractivity contribution in [2.24, 2.45) is 0 Å². The Balaban J connectivity index is 1.60. The predicted octanol–water partition coefficient (Wildman–Crippen LogP) is 2.58. The average Bonchev–Trinajstić information content (AvgIpc) is 2.57. The minimum atomic E-state index is -0.373. The quantitative estimate of drug-likeness (QED) is 0.909. The molecule has 3 amide bonds. The molecule has 3 rings (SSSR count). The first-order valence-corrected chi connectivity index (χ1v) is 7.46. The fourth-order valence-corrected chi connectivity index (χ4v) is 2.29. The molecular weight excluding hydrogens is 313 g/mol. The van der Waals surface area contributed by atoms with Gasteiger partial charge < -0.3 is 20.3 Å². The maximum absolute atomic E-state index is 13.1. The zero-order valence-electron chi connectivity index (χ0n) is 12.8. The fourth-order valence-electron chi connectivity index (χ4n) is 2.29. The van der Waals surface area contributed by atoms with Crippen molar-refractivity contribution in [1.29, 1.82) is 0 Å². The summed E-state index contributed by atoms with van der Waals surface area (Å²) in [5.41, 5.74) is 0.581. The van der Waals surface area contributed by atoms with Crippen LogP contribution in [-0.2, 0) is 4.79 Å². The molecule has 2 N–H and O–H groups in total. The predicted molar refractivity (Wildman–Crippen MR) is 86.5 cm³/mol. The van der Waals surface area contributed by atoms with Crippen molar-refractivity contribution in [2.75, 3.05) is 25.0 Å². The average molecular weight is 329 g/mol. The van der Waals surface area contributed by atoms with Gasteiger partial charge in [-0.3, -0.25) is 4.79 Å². The highest BCUT2D eigenvalue weighted by molar-refractivity contribution is 5.93. The van der Waals surface area contributed by atoms with Crippen LogP contribution in [0.5, 0.6) is 11.5 Å². The van der Waals surface area contributed by atoms with Crippen LogP contribution in [0.3, 0.4) is 0 Å². The van der Waals surface area contributed by atoms with E-state index in [4.69, 9.17) is 4.74 Å². The lowest BCUT2D eigenvalue weighted by atomic mass is 10.3. The third-order valence-corrected chi connectivity index (χ3v) is 3.46. The van der Waals surface area contributed by atoms with Crippen molar-refractivity contribution >= 4 is 17.6 Å². The molecule has 6 nitrogen and oxygen atoms in total. The highest BCUT2D eigenvalue weighted by Gasteiger charge is 2.20. The van der Waals surface area contributed by atoms with Crippen LogP contribution in [0.1, 0.15) is 0 Å². The summed E-state index contributed by atoms with van der Waals surface area (Å²) in [5, 5.41) is 5.39. The third kappa shape index (κ3) is 4.01. The van der Waals surface area contributed by atoms with Crippen molar-refractivity contribution in [1.82, 2.24) is 10.2 Å². The van der Waals surface area contributed by atoms with E-state index in [1.165, 1.54) is 17.0 Å². The smallest absolute Gasteiger partial charge is 0.322 e. The molecule has 1 saturated heterocycles. The minimum Gasteiger partial charge on any atom is -0.457 e. The Morgan fingerprint density at radius 3 is 2.67 bits per heavy atom. The molecule has 0 aliphatic carbocycles. The molecule has 0 spiro atoms. The van der Waals surface area contributed by atoms with Crippen LogP contribution >= 0.6 is 0 Å². The molecule has 24 heavy (non-hydrogen) atoms. The highest BCUT2D eigenvalue weighted by Crippen LogP contribution is 2.23. The molecule has 0 aromatic heterocycles. The number of carbonyl (C=O) groups is 2. The molecule has 1 aliphatic rings. The van der Waals surface area contributed by atoms with E-state index < -0.39 is 0 Å². The molecule has 1 fully saturated rings. The van der Waals surface area contributed by atoms with Gasteiger partial charge in [-0.25, -0.2) is 9.18 Å². The van der Waals surface area contributed by atoms with Crippen molar-refractivity contribution in [3.8, 4) is 11.5 Å². The Labute approximate surface area is 138 Å².